The lowest BCUT2D eigenvalue weighted by atomic mass is 9.87. The van der Waals surface area contributed by atoms with Crippen molar-refractivity contribution in [2.75, 3.05) is 32.7 Å². The lowest BCUT2D eigenvalue weighted by Crippen LogP contribution is -2.48. The number of amides is 1. The molecular formula is C20H34N4O. The SMILES string of the molecule is CCN1CCN(Cc2ccc(CNC(=O)[C@@H](N)C(C)(C)C)cc2)CC1. The predicted molar refractivity (Wildman–Crippen MR) is 103 cm³/mol. The van der Waals surface area contributed by atoms with E-state index in [1.165, 1.54) is 5.56 Å². The number of hydrogen-bond donors (Lipinski definition) is 2. The van der Waals surface area contributed by atoms with Gasteiger partial charge in [-0.3, -0.25) is 9.69 Å². The third-order valence-electron chi connectivity index (χ3n) is 5.02. The van der Waals surface area contributed by atoms with Crippen molar-refractivity contribution in [2.24, 2.45) is 11.1 Å². The van der Waals surface area contributed by atoms with Gasteiger partial charge in [-0.25, -0.2) is 0 Å². The van der Waals surface area contributed by atoms with Gasteiger partial charge in [-0.1, -0.05) is 52.0 Å². The molecule has 1 amide bonds. The van der Waals surface area contributed by atoms with E-state index in [2.05, 4.69) is 46.3 Å². The summed E-state index contributed by atoms with van der Waals surface area (Å²) in [6.07, 6.45) is 0. The molecule has 0 bridgehead atoms. The molecule has 0 spiro atoms. The number of carbonyl (C=O) groups is 1. The Morgan fingerprint density at radius 2 is 1.60 bits per heavy atom. The summed E-state index contributed by atoms with van der Waals surface area (Å²) in [6, 6.07) is 8.03. The first-order valence-electron chi connectivity index (χ1n) is 9.35. The topological polar surface area (TPSA) is 61.6 Å². The van der Waals surface area contributed by atoms with Crippen LogP contribution in [0.15, 0.2) is 24.3 Å². The second kappa shape index (κ2) is 8.79. The second-order valence-electron chi connectivity index (χ2n) is 8.09. The zero-order valence-electron chi connectivity index (χ0n) is 16.2. The van der Waals surface area contributed by atoms with E-state index in [9.17, 15) is 4.79 Å². The minimum atomic E-state index is -0.492. The van der Waals surface area contributed by atoms with Crippen LogP contribution in [-0.4, -0.2) is 54.5 Å². The highest BCUT2D eigenvalue weighted by Crippen LogP contribution is 2.17. The van der Waals surface area contributed by atoms with E-state index < -0.39 is 6.04 Å². The van der Waals surface area contributed by atoms with Crippen LogP contribution in [0.5, 0.6) is 0 Å². The van der Waals surface area contributed by atoms with E-state index in [-0.39, 0.29) is 11.3 Å². The summed E-state index contributed by atoms with van der Waals surface area (Å²) < 4.78 is 0. The van der Waals surface area contributed by atoms with Crippen LogP contribution in [0, 0.1) is 5.41 Å². The third kappa shape index (κ3) is 6.10. The van der Waals surface area contributed by atoms with E-state index >= 15 is 0 Å². The number of nitrogens with two attached hydrogens (primary N) is 1. The van der Waals surface area contributed by atoms with Crippen LogP contribution < -0.4 is 11.1 Å². The van der Waals surface area contributed by atoms with Crippen LogP contribution in [-0.2, 0) is 17.9 Å². The highest BCUT2D eigenvalue weighted by molar-refractivity contribution is 5.82. The van der Waals surface area contributed by atoms with Gasteiger partial charge in [0, 0.05) is 39.3 Å². The van der Waals surface area contributed by atoms with E-state index in [0.717, 1.165) is 44.8 Å². The van der Waals surface area contributed by atoms with E-state index in [0.29, 0.717) is 6.54 Å². The molecule has 3 N–H and O–H groups in total. The van der Waals surface area contributed by atoms with Crippen LogP contribution in [0.3, 0.4) is 0 Å². The van der Waals surface area contributed by atoms with E-state index in [1.54, 1.807) is 0 Å². The maximum atomic E-state index is 12.1. The highest BCUT2D eigenvalue weighted by atomic mass is 16.2. The normalized spacial score (nSPS) is 18.1. The van der Waals surface area contributed by atoms with Crippen molar-refractivity contribution in [2.45, 2.75) is 46.8 Å². The fraction of sp³-hybridized carbons (Fsp3) is 0.650. The number of nitrogens with one attached hydrogen (secondary N) is 1. The minimum absolute atomic E-state index is 0.0922. The Morgan fingerprint density at radius 1 is 1.08 bits per heavy atom. The van der Waals surface area contributed by atoms with Crippen LogP contribution in [0.1, 0.15) is 38.8 Å². The van der Waals surface area contributed by atoms with Crippen LogP contribution in [0.4, 0.5) is 0 Å². The summed E-state index contributed by atoms with van der Waals surface area (Å²) in [5.41, 5.74) is 8.19. The fourth-order valence-electron chi connectivity index (χ4n) is 2.98. The summed E-state index contributed by atoms with van der Waals surface area (Å²) in [6.45, 7) is 15.4. The number of rotatable bonds is 6. The first-order chi connectivity index (χ1) is 11.8. The quantitative estimate of drug-likeness (QED) is 0.825. The van der Waals surface area contributed by atoms with Crippen molar-refractivity contribution in [1.82, 2.24) is 15.1 Å². The van der Waals surface area contributed by atoms with E-state index in [1.807, 2.05) is 20.8 Å². The van der Waals surface area contributed by atoms with Crippen molar-refractivity contribution in [3.05, 3.63) is 35.4 Å². The molecular weight excluding hydrogens is 312 g/mol. The summed E-state index contributed by atoms with van der Waals surface area (Å²) in [7, 11) is 0. The van der Waals surface area contributed by atoms with Gasteiger partial charge < -0.3 is 16.0 Å². The smallest absolute Gasteiger partial charge is 0.237 e. The molecule has 5 nitrogen and oxygen atoms in total. The first kappa shape index (κ1) is 19.9. The number of benzene rings is 1. The van der Waals surface area contributed by atoms with Crippen LogP contribution >= 0.6 is 0 Å². The molecule has 140 valence electrons. The molecule has 1 heterocycles. The van der Waals surface area contributed by atoms with Gasteiger partial charge in [0.1, 0.15) is 0 Å². The van der Waals surface area contributed by atoms with Gasteiger partial charge >= 0.3 is 0 Å². The maximum absolute atomic E-state index is 12.1. The lowest BCUT2D eigenvalue weighted by Gasteiger charge is -2.34. The van der Waals surface area contributed by atoms with Crippen molar-refractivity contribution < 1.29 is 4.79 Å². The van der Waals surface area contributed by atoms with E-state index in [4.69, 9.17) is 5.73 Å². The summed E-state index contributed by atoms with van der Waals surface area (Å²) in [5, 5.41) is 2.94. The zero-order chi connectivity index (χ0) is 18.4. The van der Waals surface area contributed by atoms with Gasteiger partial charge in [-0.15, -0.1) is 0 Å². The number of likely N-dealkylation sites (N-methyl/N-ethyl adjacent to an activating group) is 1. The van der Waals surface area contributed by atoms with Crippen molar-refractivity contribution in [1.29, 1.82) is 0 Å². The Labute approximate surface area is 152 Å². The Balaban J connectivity index is 1.79. The largest absolute Gasteiger partial charge is 0.351 e. The second-order valence-corrected chi connectivity index (χ2v) is 8.09. The van der Waals surface area contributed by atoms with Gasteiger partial charge in [0.05, 0.1) is 6.04 Å². The molecule has 0 aliphatic carbocycles. The number of hydrogen-bond acceptors (Lipinski definition) is 4. The van der Waals surface area contributed by atoms with Gasteiger partial charge in [0.2, 0.25) is 5.91 Å². The Morgan fingerprint density at radius 3 is 2.12 bits per heavy atom. The molecule has 1 aliphatic heterocycles. The molecule has 0 saturated carbocycles. The maximum Gasteiger partial charge on any atom is 0.237 e. The Hall–Kier alpha value is -1.43. The minimum Gasteiger partial charge on any atom is -0.351 e. The Bertz CT molecular complexity index is 542. The van der Waals surface area contributed by atoms with Gasteiger partial charge in [0.15, 0.2) is 0 Å². The van der Waals surface area contributed by atoms with Crippen LogP contribution in [0.25, 0.3) is 0 Å². The molecule has 0 aromatic heterocycles. The number of piperazine rings is 1. The van der Waals surface area contributed by atoms with Gasteiger partial charge in [-0.2, -0.15) is 0 Å². The first-order valence-corrected chi connectivity index (χ1v) is 9.35. The zero-order valence-corrected chi connectivity index (χ0v) is 16.2. The monoisotopic (exact) mass is 346 g/mol. The molecule has 1 aromatic rings. The average Bonchev–Trinajstić information content (AvgIpc) is 2.60. The average molecular weight is 347 g/mol. The van der Waals surface area contributed by atoms with Crippen molar-refractivity contribution >= 4 is 5.91 Å². The Kier molecular flexibility index (Phi) is 6.99. The highest BCUT2D eigenvalue weighted by Gasteiger charge is 2.27. The van der Waals surface area contributed by atoms with Crippen molar-refractivity contribution in [3.8, 4) is 0 Å². The van der Waals surface area contributed by atoms with Gasteiger partial charge in [0.25, 0.3) is 0 Å². The molecule has 5 heteroatoms. The fourth-order valence-corrected chi connectivity index (χ4v) is 2.98. The molecule has 0 unspecified atom stereocenters. The summed E-state index contributed by atoms with van der Waals surface area (Å²) >= 11 is 0. The molecule has 2 rings (SSSR count). The number of carbonyl (C=O) groups excluding carboxylic acids is 1. The summed E-state index contributed by atoms with van der Waals surface area (Å²) in [4.78, 5) is 17.1. The van der Waals surface area contributed by atoms with Crippen LogP contribution in [0.2, 0.25) is 0 Å². The predicted octanol–water partition coefficient (Wildman–Crippen LogP) is 1.81. The molecule has 1 aromatic carbocycles. The lowest BCUT2D eigenvalue weighted by molar-refractivity contribution is -0.124. The molecule has 1 atom stereocenters. The molecule has 0 radical (unpaired) electrons. The molecule has 1 saturated heterocycles. The van der Waals surface area contributed by atoms with Gasteiger partial charge in [-0.05, 0) is 23.1 Å². The number of nitrogens with zero attached hydrogens (tertiary/aromatic N) is 2. The van der Waals surface area contributed by atoms with Crippen molar-refractivity contribution in [3.63, 3.8) is 0 Å². The third-order valence-corrected chi connectivity index (χ3v) is 5.02. The molecule has 25 heavy (non-hydrogen) atoms. The molecule has 1 aliphatic rings. The summed E-state index contributed by atoms with van der Waals surface area (Å²) in [5.74, 6) is -0.0922. The standard InChI is InChI=1S/C20H34N4O/c1-5-23-10-12-24(13-11-23)15-17-8-6-16(7-9-17)14-22-19(25)18(21)20(2,3)4/h6-9,18H,5,10-15,21H2,1-4H3,(H,22,25)/t18-/m1/s1. The molecule has 1 fully saturated rings.